The molecule has 1 unspecified atom stereocenters. The van der Waals surface area contributed by atoms with E-state index >= 15 is 0 Å². The summed E-state index contributed by atoms with van der Waals surface area (Å²) in [4.78, 5) is 25.0. The third kappa shape index (κ3) is 3.52. The van der Waals surface area contributed by atoms with Crippen molar-refractivity contribution >= 4 is 29.1 Å². The summed E-state index contributed by atoms with van der Waals surface area (Å²) in [7, 11) is 0. The Bertz CT molecular complexity index is 604. The zero-order valence-electron chi connectivity index (χ0n) is 11.7. The highest BCUT2D eigenvalue weighted by Gasteiger charge is 2.36. The number of carbonyl (C=O) groups excluding carboxylic acids is 2. The smallest absolute Gasteiger partial charge is 0.331 e. The fourth-order valence-electron chi connectivity index (χ4n) is 2.49. The summed E-state index contributed by atoms with van der Waals surface area (Å²) in [5, 5.41) is 2.19. The lowest BCUT2D eigenvalue weighted by molar-refractivity contribution is -0.137. The van der Waals surface area contributed by atoms with Crippen LogP contribution < -0.4 is 5.32 Å². The van der Waals surface area contributed by atoms with Gasteiger partial charge in [0.15, 0.2) is 0 Å². The number of amides is 2. The SMILES string of the molecule is CC(=O)N1CCCC1C(=O)Nc1ccc(Cl)cc1C(F)(F)F. The molecule has 1 aliphatic heterocycles. The first-order valence-corrected chi connectivity index (χ1v) is 7.03. The van der Waals surface area contributed by atoms with Gasteiger partial charge in [-0.15, -0.1) is 0 Å². The number of hydrogen-bond donors (Lipinski definition) is 1. The van der Waals surface area contributed by atoms with Crippen molar-refractivity contribution in [3.05, 3.63) is 28.8 Å². The fraction of sp³-hybridized carbons (Fsp3) is 0.429. The molecule has 1 atom stereocenters. The van der Waals surface area contributed by atoms with E-state index in [1.54, 1.807) is 0 Å². The highest BCUT2D eigenvalue weighted by atomic mass is 35.5. The zero-order valence-corrected chi connectivity index (χ0v) is 12.5. The van der Waals surface area contributed by atoms with Gasteiger partial charge in [0, 0.05) is 18.5 Å². The van der Waals surface area contributed by atoms with Gasteiger partial charge in [-0.1, -0.05) is 11.6 Å². The van der Waals surface area contributed by atoms with Gasteiger partial charge in [-0.05, 0) is 31.0 Å². The summed E-state index contributed by atoms with van der Waals surface area (Å²) in [5.74, 6) is -0.898. The van der Waals surface area contributed by atoms with E-state index in [1.807, 2.05) is 0 Å². The van der Waals surface area contributed by atoms with Crippen molar-refractivity contribution in [3.8, 4) is 0 Å². The van der Waals surface area contributed by atoms with Gasteiger partial charge in [-0.25, -0.2) is 0 Å². The minimum absolute atomic E-state index is 0.0726. The second-order valence-electron chi connectivity index (χ2n) is 5.05. The van der Waals surface area contributed by atoms with Crippen molar-refractivity contribution in [2.24, 2.45) is 0 Å². The topological polar surface area (TPSA) is 49.4 Å². The molecule has 1 N–H and O–H groups in total. The van der Waals surface area contributed by atoms with E-state index < -0.39 is 23.7 Å². The number of halogens is 4. The van der Waals surface area contributed by atoms with Crippen LogP contribution in [0.2, 0.25) is 5.02 Å². The van der Waals surface area contributed by atoms with Crippen LogP contribution in [-0.2, 0) is 15.8 Å². The summed E-state index contributed by atoms with van der Waals surface area (Å²) >= 11 is 5.59. The summed E-state index contributed by atoms with van der Waals surface area (Å²) in [6.45, 7) is 1.76. The zero-order chi connectivity index (χ0) is 16.5. The van der Waals surface area contributed by atoms with Crippen molar-refractivity contribution in [2.75, 3.05) is 11.9 Å². The quantitative estimate of drug-likeness (QED) is 0.902. The molecule has 0 aliphatic carbocycles. The molecule has 1 fully saturated rings. The molecule has 120 valence electrons. The molecular formula is C14H14ClF3N2O2. The highest BCUT2D eigenvalue weighted by Crippen LogP contribution is 2.36. The molecular weight excluding hydrogens is 321 g/mol. The van der Waals surface area contributed by atoms with Gasteiger partial charge in [0.25, 0.3) is 0 Å². The molecule has 0 spiro atoms. The lowest BCUT2D eigenvalue weighted by Gasteiger charge is -2.23. The maximum Gasteiger partial charge on any atom is 0.418 e. The number of likely N-dealkylation sites (tertiary alicyclic amines) is 1. The minimum atomic E-state index is -4.64. The number of nitrogens with zero attached hydrogens (tertiary/aromatic N) is 1. The molecule has 1 saturated heterocycles. The Kier molecular flexibility index (Phi) is 4.65. The second kappa shape index (κ2) is 6.16. The van der Waals surface area contributed by atoms with Crippen LogP contribution in [0.25, 0.3) is 0 Å². The third-order valence-electron chi connectivity index (χ3n) is 3.50. The molecule has 2 amide bonds. The second-order valence-corrected chi connectivity index (χ2v) is 5.48. The first kappa shape index (κ1) is 16.6. The van der Waals surface area contributed by atoms with E-state index in [4.69, 9.17) is 11.6 Å². The fourth-order valence-corrected chi connectivity index (χ4v) is 2.66. The van der Waals surface area contributed by atoms with Crippen LogP contribution in [0.5, 0.6) is 0 Å². The number of benzene rings is 1. The molecule has 0 radical (unpaired) electrons. The van der Waals surface area contributed by atoms with E-state index in [0.717, 1.165) is 12.1 Å². The van der Waals surface area contributed by atoms with Crippen LogP contribution in [-0.4, -0.2) is 29.3 Å². The van der Waals surface area contributed by atoms with Crippen LogP contribution in [0.4, 0.5) is 18.9 Å². The number of anilines is 1. The molecule has 0 bridgehead atoms. The number of hydrogen-bond acceptors (Lipinski definition) is 2. The molecule has 8 heteroatoms. The van der Waals surface area contributed by atoms with Crippen LogP contribution >= 0.6 is 11.6 Å². The van der Waals surface area contributed by atoms with Crippen molar-refractivity contribution in [1.82, 2.24) is 4.90 Å². The molecule has 4 nitrogen and oxygen atoms in total. The van der Waals surface area contributed by atoms with Crippen molar-refractivity contribution in [3.63, 3.8) is 0 Å². The largest absolute Gasteiger partial charge is 0.418 e. The Labute approximate surface area is 130 Å². The normalized spacial score (nSPS) is 18.4. The predicted octanol–water partition coefficient (Wildman–Crippen LogP) is 3.31. The van der Waals surface area contributed by atoms with Crippen molar-refractivity contribution < 1.29 is 22.8 Å². The lowest BCUT2D eigenvalue weighted by atomic mass is 10.1. The standard InChI is InChI=1S/C14H14ClF3N2O2/c1-8(21)20-6-2-3-12(20)13(22)19-11-5-4-9(15)7-10(11)14(16,17)18/h4-5,7,12H,2-3,6H2,1H3,(H,19,22). The monoisotopic (exact) mass is 334 g/mol. The predicted molar refractivity (Wildman–Crippen MR) is 75.5 cm³/mol. The molecule has 22 heavy (non-hydrogen) atoms. The number of nitrogens with one attached hydrogen (secondary N) is 1. The van der Waals surface area contributed by atoms with Gasteiger partial charge in [-0.2, -0.15) is 13.2 Å². The Balaban J connectivity index is 2.24. The van der Waals surface area contributed by atoms with E-state index in [1.165, 1.54) is 17.9 Å². The molecule has 1 aliphatic rings. The van der Waals surface area contributed by atoms with E-state index in [0.29, 0.717) is 19.4 Å². The van der Waals surface area contributed by atoms with Gasteiger partial charge in [0.1, 0.15) is 6.04 Å². The Hall–Kier alpha value is -1.76. The number of alkyl halides is 3. The van der Waals surface area contributed by atoms with Gasteiger partial charge < -0.3 is 10.2 Å². The average Bonchev–Trinajstić information content (AvgIpc) is 2.89. The average molecular weight is 335 g/mol. The maximum absolute atomic E-state index is 13.0. The minimum Gasteiger partial charge on any atom is -0.331 e. The third-order valence-corrected chi connectivity index (χ3v) is 3.74. The lowest BCUT2D eigenvalue weighted by Crippen LogP contribution is -2.42. The molecule has 0 aromatic heterocycles. The van der Waals surface area contributed by atoms with Gasteiger partial charge >= 0.3 is 6.18 Å². The van der Waals surface area contributed by atoms with E-state index in [2.05, 4.69) is 5.32 Å². The van der Waals surface area contributed by atoms with Gasteiger partial charge in [0.2, 0.25) is 11.8 Å². The van der Waals surface area contributed by atoms with Gasteiger partial charge in [-0.3, -0.25) is 9.59 Å². The molecule has 2 rings (SSSR count). The van der Waals surface area contributed by atoms with E-state index in [-0.39, 0.29) is 16.6 Å². The van der Waals surface area contributed by atoms with Crippen molar-refractivity contribution in [1.29, 1.82) is 0 Å². The van der Waals surface area contributed by atoms with Crippen LogP contribution in [0.3, 0.4) is 0 Å². The first-order valence-electron chi connectivity index (χ1n) is 6.65. The maximum atomic E-state index is 13.0. The summed E-state index contributed by atoms with van der Waals surface area (Å²) in [6, 6.07) is 2.39. The van der Waals surface area contributed by atoms with Gasteiger partial charge in [0.05, 0.1) is 11.3 Å². The first-order chi connectivity index (χ1) is 10.2. The van der Waals surface area contributed by atoms with Crippen LogP contribution in [0, 0.1) is 0 Å². The molecule has 1 aromatic rings. The van der Waals surface area contributed by atoms with Crippen LogP contribution in [0.1, 0.15) is 25.3 Å². The highest BCUT2D eigenvalue weighted by molar-refractivity contribution is 6.30. The summed E-state index contributed by atoms with van der Waals surface area (Å²) in [5.41, 5.74) is -1.38. The Morgan fingerprint density at radius 3 is 2.64 bits per heavy atom. The van der Waals surface area contributed by atoms with Crippen molar-refractivity contribution in [2.45, 2.75) is 32.0 Å². The molecule has 0 saturated carbocycles. The number of carbonyl (C=O) groups is 2. The summed E-state index contributed by atoms with van der Waals surface area (Å²) < 4.78 is 39.0. The Morgan fingerprint density at radius 1 is 1.36 bits per heavy atom. The number of rotatable bonds is 2. The van der Waals surface area contributed by atoms with E-state index in [9.17, 15) is 22.8 Å². The Morgan fingerprint density at radius 2 is 2.05 bits per heavy atom. The summed E-state index contributed by atoms with van der Waals surface area (Å²) in [6.07, 6.45) is -3.56. The molecule has 1 heterocycles. The molecule has 1 aromatic carbocycles. The van der Waals surface area contributed by atoms with Crippen LogP contribution in [0.15, 0.2) is 18.2 Å².